The highest BCUT2D eigenvalue weighted by Crippen LogP contribution is 2.12. The fraction of sp³-hybridized carbons (Fsp3) is 0.286. The number of hydrogen-bond donors (Lipinski definition) is 2. The zero-order chi connectivity index (χ0) is 9.72. The molecule has 0 aliphatic heterocycles. The quantitative estimate of drug-likeness (QED) is 0.459. The van der Waals surface area contributed by atoms with Crippen LogP contribution in [-0.4, -0.2) is 22.2 Å². The van der Waals surface area contributed by atoms with Crippen molar-refractivity contribution in [1.29, 1.82) is 5.26 Å². The number of carboxylic acids is 2. The lowest BCUT2D eigenvalue weighted by Gasteiger charge is -2.08. The Morgan fingerprint density at radius 3 is 1.92 bits per heavy atom. The van der Waals surface area contributed by atoms with Gasteiger partial charge in [-0.05, 0) is 0 Å². The van der Waals surface area contributed by atoms with E-state index in [0.717, 1.165) is 6.08 Å². The standard InChI is InChI=1S/C7H7NO4/c1-2-4(3-8)5(6(9)10)7(11)12/h2,4-5H,1H2,(H,9,10)(H,11,12). The fourth-order valence-electron chi connectivity index (χ4n) is 0.676. The first-order valence-electron chi connectivity index (χ1n) is 3.02. The number of nitriles is 1. The van der Waals surface area contributed by atoms with Gasteiger partial charge >= 0.3 is 11.9 Å². The summed E-state index contributed by atoms with van der Waals surface area (Å²) in [5.74, 6) is -5.99. The van der Waals surface area contributed by atoms with Gasteiger partial charge in [-0.25, -0.2) is 0 Å². The van der Waals surface area contributed by atoms with Gasteiger partial charge in [0.05, 0.1) is 12.0 Å². The molecule has 0 aromatic carbocycles. The molecule has 2 N–H and O–H groups in total. The van der Waals surface area contributed by atoms with Crippen LogP contribution in [0.15, 0.2) is 12.7 Å². The van der Waals surface area contributed by atoms with Crippen molar-refractivity contribution in [2.45, 2.75) is 0 Å². The minimum Gasteiger partial charge on any atom is -0.481 e. The minimum atomic E-state index is -1.73. The summed E-state index contributed by atoms with van der Waals surface area (Å²) < 4.78 is 0. The van der Waals surface area contributed by atoms with E-state index >= 15 is 0 Å². The van der Waals surface area contributed by atoms with Gasteiger partial charge in [0.25, 0.3) is 0 Å². The predicted molar refractivity (Wildman–Crippen MR) is 38.1 cm³/mol. The van der Waals surface area contributed by atoms with Crippen molar-refractivity contribution in [3.8, 4) is 6.07 Å². The number of hydrogen-bond acceptors (Lipinski definition) is 3. The topological polar surface area (TPSA) is 98.4 Å². The molecule has 0 saturated heterocycles. The number of rotatable bonds is 4. The molecule has 0 rings (SSSR count). The lowest BCUT2D eigenvalue weighted by atomic mass is 9.94. The molecule has 0 radical (unpaired) electrons. The fourth-order valence-corrected chi connectivity index (χ4v) is 0.676. The van der Waals surface area contributed by atoms with E-state index in [4.69, 9.17) is 15.5 Å². The largest absolute Gasteiger partial charge is 0.481 e. The molecular weight excluding hydrogens is 162 g/mol. The van der Waals surface area contributed by atoms with Gasteiger partial charge in [0.2, 0.25) is 0 Å². The van der Waals surface area contributed by atoms with Crippen molar-refractivity contribution in [3.63, 3.8) is 0 Å². The first-order valence-corrected chi connectivity index (χ1v) is 3.02. The van der Waals surface area contributed by atoms with Crippen LogP contribution >= 0.6 is 0 Å². The van der Waals surface area contributed by atoms with E-state index < -0.39 is 23.8 Å². The van der Waals surface area contributed by atoms with E-state index in [1.807, 2.05) is 0 Å². The molecule has 0 spiro atoms. The Morgan fingerprint density at radius 1 is 1.42 bits per heavy atom. The average Bonchev–Trinajstić information content (AvgIpc) is 1.98. The van der Waals surface area contributed by atoms with Crippen LogP contribution < -0.4 is 0 Å². The normalized spacial score (nSPS) is 11.7. The van der Waals surface area contributed by atoms with Crippen molar-refractivity contribution < 1.29 is 19.8 Å². The predicted octanol–water partition coefficient (Wildman–Crippen LogP) is 0.0976. The summed E-state index contributed by atoms with van der Waals surface area (Å²) in [7, 11) is 0. The van der Waals surface area contributed by atoms with Gasteiger partial charge in [0.15, 0.2) is 5.92 Å². The molecular formula is C7H7NO4. The molecule has 0 fully saturated rings. The maximum absolute atomic E-state index is 10.3. The molecule has 5 nitrogen and oxygen atoms in total. The third kappa shape index (κ3) is 2.09. The zero-order valence-electron chi connectivity index (χ0n) is 6.10. The maximum atomic E-state index is 10.3. The lowest BCUT2D eigenvalue weighted by Crippen LogP contribution is -2.29. The van der Waals surface area contributed by atoms with Crippen LogP contribution in [0.3, 0.4) is 0 Å². The number of nitrogens with zero attached hydrogens (tertiary/aromatic N) is 1. The van der Waals surface area contributed by atoms with Crippen LogP contribution in [0.5, 0.6) is 0 Å². The van der Waals surface area contributed by atoms with Crippen molar-refractivity contribution in [3.05, 3.63) is 12.7 Å². The molecule has 0 heterocycles. The Bertz CT molecular complexity index is 239. The summed E-state index contributed by atoms with van der Waals surface area (Å²) in [4.78, 5) is 20.6. The van der Waals surface area contributed by atoms with Gasteiger partial charge in [0.1, 0.15) is 0 Å². The van der Waals surface area contributed by atoms with Crippen molar-refractivity contribution in [2.75, 3.05) is 0 Å². The molecule has 0 aromatic rings. The van der Waals surface area contributed by atoms with Crippen LogP contribution in [0.1, 0.15) is 0 Å². The monoisotopic (exact) mass is 169 g/mol. The summed E-state index contributed by atoms with van der Waals surface area (Å²) in [6, 6.07) is 1.53. The first-order chi connectivity index (χ1) is 5.54. The molecule has 0 aromatic heterocycles. The van der Waals surface area contributed by atoms with Gasteiger partial charge in [0, 0.05) is 0 Å². The van der Waals surface area contributed by atoms with Crippen LogP contribution in [0.25, 0.3) is 0 Å². The Morgan fingerprint density at radius 2 is 1.83 bits per heavy atom. The van der Waals surface area contributed by atoms with E-state index in [1.54, 1.807) is 0 Å². The SMILES string of the molecule is C=CC(C#N)C(C(=O)O)C(=O)O. The summed E-state index contributed by atoms with van der Waals surface area (Å²) in [6.07, 6.45) is 1.01. The highest BCUT2D eigenvalue weighted by atomic mass is 16.4. The van der Waals surface area contributed by atoms with Gasteiger partial charge < -0.3 is 10.2 Å². The van der Waals surface area contributed by atoms with Gasteiger partial charge in [-0.3, -0.25) is 9.59 Å². The van der Waals surface area contributed by atoms with E-state index in [9.17, 15) is 9.59 Å². The molecule has 0 aliphatic rings. The van der Waals surface area contributed by atoms with Crippen LogP contribution in [-0.2, 0) is 9.59 Å². The molecule has 1 unspecified atom stereocenters. The van der Waals surface area contributed by atoms with Gasteiger partial charge in [-0.15, -0.1) is 6.58 Å². The Balaban J connectivity index is 4.74. The number of allylic oxidation sites excluding steroid dienone is 1. The van der Waals surface area contributed by atoms with Crippen molar-refractivity contribution >= 4 is 11.9 Å². The molecule has 1 atom stereocenters. The van der Waals surface area contributed by atoms with E-state index in [2.05, 4.69) is 6.58 Å². The van der Waals surface area contributed by atoms with E-state index in [1.165, 1.54) is 6.07 Å². The number of carboxylic acid groups (broad SMARTS) is 2. The molecule has 64 valence electrons. The first kappa shape index (κ1) is 10.2. The lowest BCUT2D eigenvalue weighted by molar-refractivity contribution is -0.155. The Labute approximate surface area is 68.5 Å². The maximum Gasteiger partial charge on any atom is 0.319 e. The highest BCUT2D eigenvalue weighted by Gasteiger charge is 2.33. The second-order valence-electron chi connectivity index (χ2n) is 2.04. The molecule has 0 aliphatic carbocycles. The average molecular weight is 169 g/mol. The number of aliphatic carboxylic acids is 2. The second-order valence-corrected chi connectivity index (χ2v) is 2.04. The summed E-state index contributed by atoms with van der Waals surface area (Å²) in [6.45, 7) is 3.17. The van der Waals surface area contributed by atoms with Gasteiger partial charge in [-0.1, -0.05) is 6.08 Å². The third-order valence-corrected chi connectivity index (χ3v) is 1.29. The Kier molecular flexibility index (Phi) is 3.50. The van der Waals surface area contributed by atoms with Crippen LogP contribution in [0, 0.1) is 23.2 Å². The van der Waals surface area contributed by atoms with Crippen molar-refractivity contribution in [1.82, 2.24) is 0 Å². The highest BCUT2D eigenvalue weighted by molar-refractivity contribution is 5.93. The molecule has 5 heteroatoms. The molecule has 0 bridgehead atoms. The second kappa shape index (κ2) is 4.13. The van der Waals surface area contributed by atoms with Crippen molar-refractivity contribution in [2.24, 2.45) is 11.8 Å². The van der Waals surface area contributed by atoms with Crippen LogP contribution in [0.4, 0.5) is 0 Å². The van der Waals surface area contributed by atoms with E-state index in [0.29, 0.717) is 0 Å². The minimum absolute atomic E-state index is 1.01. The Hall–Kier alpha value is -1.83. The summed E-state index contributed by atoms with van der Waals surface area (Å²) in [5.41, 5.74) is 0. The summed E-state index contributed by atoms with van der Waals surface area (Å²) in [5, 5.41) is 25.1. The molecule has 0 saturated carbocycles. The van der Waals surface area contributed by atoms with Gasteiger partial charge in [-0.2, -0.15) is 5.26 Å². The smallest absolute Gasteiger partial charge is 0.319 e. The van der Waals surface area contributed by atoms with E-state index in [-0.39, 0.29) is 0 Å². The summed E-state index contributed by atoms with van der Waals surface area (Å²) >= 11 is 0. The molecule has 12 heavy (non-hydrogen) atoms. The number of carbonyl (C=O) groups is 2. The zero-order valence-corrected chi connectivity index (χ0v) is 6.10. The third-order valence-electron chi connectivity index (χ3n) is 1.29. The molecule has 0 amide bonds. The van der Waals surface area contributed by atoms with Crippen LogP contribution in [0.2, 0.25) is 0 Å².